The van der Waals surface area contributed by atoms with Crippen LogP contribution in [0.2, 0.25) is 0 Å². The van der Waals surface area contributed by atoms with Gasteiger partial charge in [0.15, 0.2) is 0 Å². The van der Waals surface area contributed by atoms with Crippen molar-refractivity contribution >= 4 is 15.7 Å². The van der Waals surface area contributed by atoms with Gasteiger partial charge in [0.05, 0.1) is 11.4 Å². The Bertz CT molecular complexity index is 515. The molecule has 0 bridgehead atoms. The van der Waals surface area contributed by atoms with Crippen LogP contribution in [0.15, 0.2) is 24.3 Å². The summed E-state index contributed by atoms with van der Waals surface area (Å²) in [4.78, 5) is 0. The monoisotopic (exact) mass is 300 g/mol. The molecule has 1 aromatic carbocycles. The molecule has 1 rings (SSSR count). The van der Waals surface area contributed by atoms with Crippen molar-refractivity contribution in [1.82, 2.24) is 4.72 Å². The first-order valence-corrected chi connectivity index (χ1v) is 8.42. The number of ether oxygens (including phenoxy) is 1. The summed E-state index contributed by atoms with van der Waals surface area (Å²) in [7, 11) is -3.33. The van der Waals surface area contributed by atoms with Crippen LogP contribution in [0.4, 0.5) is 5.69 Å². The molecule has 0 aliphatic rings. The fraction of sp³-hybridized carbons (Fsp3) is 0.571. The van der Waals surface area contributed by atoms with Gasteiger partial charge in [0, 0.05) is 6.04 Å². The first-order valence-electron chi connectivity index (χ1n) is 6.77. The molecule has 5 nitrogen and oxygen atoms in total. The minimum absolute atomic E-state index is 0.0678. The number of para-hydroxylation sites is 2. The van der Waals surface area contributed by atoms with E-state index in [2.05, 4.69) is 18.6 Å². The Morgan fingerprint density at radius 3 is 2.50 bits per heavy atom. The van der Waals surface area contributed by atoms with E-state index in [1.165, 1.54) is 0 Å². The summed E-state index contributed by atoms with van der Waals surface area (Å²) in [5, 5.41) is 0. The topological polar surface area (TPSA) is 81.4 Å². The van der Waals surface area contributed by atoms with E-state index in [1.807, 2.05) is 6.92 Å². The molecule has 3 N–H and O–H groups in total. The summed E-state index contributed by atoms with van der Waals surface area (Å²) in [6, 6.07) is 6.96. The minimum Gasteiger partial charge on any atom is -0.490 e. The lowest BCUT2D eigenvalue weighted by molar-refractivity contribution is 0.341. The zero-order chi connectivity index (χ0) is 15.2. The van der Waals surface area contributed by atoms with Gasteiger partial charge >= 0.3 is 0 Å². The first kappa shape index (κ1) is 16.8. The molecule has 20 heavy (non-hydrogen) atoms. The average Bonchev–Trinajstić information content (AvgIpc) is 2.29. The summed E-state index contributed by atoms with van der Waals surface area (Å²) in [5.74, 6) is 0.884. The molecule has 1 atom stereocenters. The number of benzene rings is 1. The van der Waals surface area contributed by atoms with E-state index in [9.17, 15) is 8.42 Å². The van der Waals surface area contributed by atoms with Crippen LogP contribution in [0.1, 0.15) is 27.2 Å². The molecule has 0 aromatic heterocycles. The van der Waals surface area contributed by atoms with Crippen LogP contribution in [0, 0.1) is 5.92 Å². The van der Waals surface area contributed by atoms with Gasteiger partial charge in [-0.3, -0.25) is 0 Å². The predicted octanol–water partition coefficient (Wildman–Crippen LogP) is 2.00. The highest BCUT2D eigenvalue weighted by atomic mass is 32.2. The molecular formula is C14H24N2O3S. The Hall–Kier alpha value is -1.27. The molecule has 0 saturated carbocycles. The maximum atomic E-state index is 11.9. The third-order valence-corrected chi connectivity index (χ3v) is 4.20. The number of anilines is 1. The first-order chi connectivity index (χ1) is 9.30. The molecule has 0 radical (unpaired) electrons. The van der Waals surface area contributed by atoms with E-state index in [0.29, 0.717) is 17.4 Å². The SMILES string of the molecule is CC(C)CC(C)NS(=O)(=O)CCOc1ccccc1N. The maximum Gasteiger partial charge on any atom is 0.215 e. The highest BCUT2D eigenvalue weighted by Gasteiger charge is 2.15. The Balaban J connectivity index is 2.42. The normalized spacial score (nSPS) is 13.4. The van der Waals surface area contributed by atoms with Crippen molar-refractivity contribution in [2.75, 3.05) is 18.1 Å². The molecule has 114 valence electrons. The second-order valence-corrected chi connectivity index (χ2v) is 7.23. The predicted molar refractivity (Wildman–Crippen MR) is 82.2 cm³/mol. The fourth-order valence-corrected chi connectivity index (χ4v) is 3.12. The van der Waals surface area contributed by atoms with Gasteiger partial charge in [-0.25, -0.2) is 13.1 Å². The smallest absolute Gasteiger partial charge is 0.215 e. The molecule has 6 heteroatoms. The van der Waals surface area contributed by atoms with Crippen LogP contribution in [0.5, 0.6) is 5.75 Å². The van der Waals surface area contributed by atoms with Crippen molar-refractivity contribution in [3.05, 3.63) is 24.3 Å². The summed E-state index contributed by atoms with van der Waals surface area (Å²) >= 11 is 0. The largest absolute Gasteiger partial charge is 0.490 e. The molecule has 0 aliphatic heterocycles. The van der Waals surface area contributed by atoms with Gasteiger partial charge in [-0.2, -0.15) is 0 Å². The second-order valence-electron chi connectivity index (χ2n) is 5.35. The molecule has 1 unspecified atom stereocenters. The third-order valence-electron chi connectivity index (χ3n) is 2.73. The molecule has 0 aliphatic carbocycles. The zero-order valence-electron chi connectivity index (χ0n) is 12.3. The summed E-state index contributed by atoms with van der Waals surface area (Å²) in [6.45, 7) is 6.07. The number of nitrogens with two attached hydrogens (primary N) is 1. The van der Waals surface area contributed by atoms with E-state index in [0.717, 1.165) is 6.42 Å². The quantitative estimate of drug-likeness (QED) is 0.720. The Kier molecular flexibility index (Phi) is 6.29. The van der Waals surface area contributed by atoms with Gasteiger partial charge in [-0.05, 0) is 31.4 Å². The third kappa shape index (κ3) is 6.25. The van der Waals surface area contributed by atoms with Crippen molar-refractivity contribution in [3.8, 4) is 5.75 Å². The van der Waals surface area contributed by atoms with Gasteiger partial charge in [0.1, 0.15) is 12.4 Å². The summed E-state index contributed by atoms with van der Waals surface area (Å²) < 4.78 is 31.8. The molecule has 0 amide bonds. The van der Waals surface area contributed by atoms with Crippen LogP contribution < -0.4 is 15.2 Å². The highest BCUT2D eigenvalue weighted by molar-refractivity contribution is 7.89. The Morgan fingerprint density at radius 1 is 1.25 bits per heavy atom. The van der Waals surface area contributed by atoms with Crippen LogP contribution in [0.25, 0.3) is 0 Å². The lowest BCUT2D eigenvalue weighted by Gasteiger charge is -2.16. The van der Waals surface area contributed by atoms with Crippen molar-refractivity contribution < 1.29 is 13.2 Å². The molecule has 0 spiro atoms. The molecule has 0 saturated heterocycles. The lowest BCUT2D eigenvalue weighted by Crippen LogP contribution is -2.36. The van der Waals surface area contributed by atoms with E-state index in [-0.39, 0.29) is 18.4 Å². The van der Waals surface area contributed by atoms with E-state index in [1.54, 1.807) is 24.3 Å². The maximum absolute atomic E-state index is 11.9. The minimum atomic E-state index is -3.33. The van der Waals surface area contributed by atoms with Crippen LogP contribution >= 0.6 is 0 Å². The number of hydrogen-bond acceptors (Lipinski definition) is 4. The highest BCUT2D eigenvalue weighted by Crippen LogP contribution is 2.19. The van der Waals surface area contributed by atoms with Crippen molar-refractivity contribution in [2.45, 2.75) is 33.2 Å². The number of nitrogens with one attached hydrogen (secondary N) is 1. The van der Waals surface area contributed by atoms with Crippen molar-refractivity contribution in [2.24, 2.45) is 5.92 Å². The van der Waals surface area contributed by atoms with E-state index < -0.39 is 10.0 Å². The van der Waals surface area contributed by atoms with Gasteiger partial charge in [-0.15, -0.1) is 0 Å². The lowest BCUT2D eigenvalue weighted by atomic mass is 10.1. The van der Waals surface area contributed by atoms with Crippen LogP contribution in [-0.2, 0) is 10.0 Å². The van der Waals surface area contributed by atoms with Crippen molar-refractivity contribution in [1.29, 1.82) is 0 Å². The summed E-state index contributed by atoms with van der Waals surface area (Å²) in [5.41, 5.74) is 6.22. The molecular weight excluding hydrogens is 276 g/mol. The number of rotatable bonds is 8. The fourth-order valence-electron chi connectivity index (χ4n) is 1.99. The van der Waals surface area contributed by atoms with Crippen LogP contribution in [0.3, 0.4) is 0 Å². The number of sulfonamides is 1. The van der Waals surface area contributed by atoms with Gasteiger partial charge in [0.25, 0.3) is 0 Å². The number of hydrogen-bond donors (Lipinski definition) is 2. The Labute approximate surface area is 121 Å². The standard InChI is InChI=1S/C14H24N2O3S/c1-11(2)10-12(3)16-20(17,18)9-8-19-14-7-5-4-6-13(14)15/h4-7,11-12,16H,8-10,15H2,1-3H3. The Morgan fingerprint density at radius 2 is 1.90 bits per heavy atom. The molecule has 0 fully saturated rings. The van der Waals surface area contributed by atoms with Gasteiger partial charge < -0.3 is 10.5 Å². The summed E-state index contributed by atoms with van der Waals surface area (Å²) in [6.07, 6.45) is 0.811. The van der Waals surface area contributed by atoms with Gasteiger partial charge in [-0.1, -0.05) is 26.0 Å². The second kappa shape index (κ2) is 7.50. The van der Waals surface area contributed by atoms with Crippen LogP contribution in [-0.4, -0.2) is 26.8 Å². The molecule has 1 aromatic rings. The van der Waals surface area contributed by atoms with E-state index >= 15 is 0 Å². The number of nitrogen functional groups attached to an aromatic ring is 1. The van der Waals surface area contributed by atoms with Gasteiger partial charge in [0.2, 0.25) is 10.0 Å². The van der Waals surface area contributed by atoms with E-state index in [4.69, 9.17) is 10.5 Å². The average molecular weight is 300 g/mol. The molecule has 0 heterocycles. The zero-order valence-corrected chi connectivity index (χ0v) is 13.1. The van der Waals surface area contributed by atoms with Crippen molar-refractivity contribution in [3.63, 3.8) is 0 Å².